The average molecular weight is 566 g/mol. The Hall–Kier alpha value is -3.67. The number of ether oxygens (including phenoxy) is 1. The number of amides is 1. The van der Waals surface area contributed by atoms with Crippen molar-refractivity contribution < 1.29 is 17.9 Å². The first-order valence-electron chi connectivity index (χ1n) is 12.5. The number of aromatic nitrogens is 3. The number of aryl methyl sites for hydroxylation is 1. The minimum Gasteiger partial charge on any atom is -0.494 e. The molecular weight excluding hydrogens is 534 g/mol. The van der Waals surface area contributed by atoms with E-state index in [0.29, 0.717) is 41.2 Å². The normalized spacial score (nSPS) is 11.5. The molecule has 1 amide bonds. The van der Waals surface area contributed by atoms with Gasteiger partial charge in [0.2, 0.25) is 21.1 Å². The summed E-state index contributed by atoms with van der Waals surface area (Å²) in [6, 6.07) is 23.6. The van der Waals surface area contributed by atoms with Gasteiger partial charge in [-0.3, -0.25) is 9.89 Å². The Balaban J connectivity index is 1.38. The monoisotopic (exact) mass is 565 g/mol. The van der Waals surface area contributed by atoms with E-state index >= 15 is 0 Å². The van der Waals surface area contributed by atoms with Gasteiger partial charge in [0, 0.05) is 24.4 Å². The van der Waals surface area contributed by atoms with Crippen LogP contribution in [0, 0.1) is 6.92 Å². The number of nitrogens with one attached hydrogen (secondary N) is 2. The Morgan fingerprint density at radius 3 is 2.46 bits per heavy atom. The van der Waals surface area contributed by atoms with E-state index < -0.39 is 15.9 Å². The zero-order valence-corrected chi connectivity index (χ0v) is 23.5. The van der Waals surface area contributed by atoms with Gasteiger partial charge >= 0.3 is 0 Å². The predicted molar refractivity (Wildman–Crippen MR) is 152 cm³/mol. The lowest BCUT2D eigenvalue weighted by molar-refractivity contribution is -0.121. The lowest BCUT2D eigenvalue weighted by Crippen LogP contribution is -2.41. The summed E-state index contributed by atoms with van der Waals surface area (Å²) in [5.74, 6) is 1.44. The molecule has 4 rings (SSSR count). The first-order chi connectivity index (χ1) is 18.9. The van der Waals surface area contributed by atoms with Gasteiger partial charge in [-0.05, 0) is 43.2 Å². The zero-order chi connectivity index (χ0) is 27.7. The number of thioether (sulfide) groups is 1. The standard InChI is InChI=1S/C28H31N5O4S2/c1-3-37-25-15-14-24(18-21(25)2)39(35,36)33(19-22-10-6-4-7-11-22)20-26(34)29-16-17-38-28-30-27(31-32-28)23-12-8-5-9-13-23/h4-15,18H,3,16-17,19-20H2,1-2H3,(H,29,34)(H,30,31,32). The number of carbonyl (C=O) groups excluding carboxylic acids is 1. The van der Waals surface area contributed by atoms with E-state index in [1.54, 1.807) is 19.1 Å². The SMILES string of the molecule is CCOc1ccc(S(=O)(=O)N(CC(=O)NCCSc2n[nH]c(-c3ccccc3)n2)Cc2ccccc2)cc1C. The summed E-state index contributed by atoms with van der Waals surface area (Å²) in [4.78, 5) is 17.4. The fourth-order valence-electron chi connectivity index (χ4n) is 3.85. The van der Waals surface area contributed by atoms with Crippen molar-refractivity contribution in [1.29, 1.82) is 0 Å². The van der Waals surface area contributed by atoms with E-state index in [-0.39, 0.29) is 18.0 Å². The highest BCUT2D eigenvalue weighted by molar-refractivity contribution is 7.99. The second-order valence-electron chi connectivity index (χ2n) is 8.65. The number of carbonyl (C=O) groups is 1. The second-order valence-corrected chi connectivity index (χ2v) is 11.7. The molecular formula is C28H31N5O4S2. The van der Waals surface area contributed by atoms with Gasteiger partial charge in [-0.2, -0.15) is 4.31 Å². The van der Waals surface area contributed by atoms with E-state index in [0.717, 1.165) is 11.1 Å². The van der Waals surface area contributed by atoms with Crippen molar-refractivity contribution in [3.63, 3.8) is 0 Å². The fourth-order valence-corrected chi connectivity index (χ4v) is 5.97. The molecule has 204 valence electrons. The Bertz CT molecular complexity index is 1480. The molecule has 0 unspecified atom stereocenters. The molecule has 0 aliphatic rings. The molecule has 0 radical (unpaired) electrons. The summed E-state index contributed by atoms with van der Waals surface area (Å²) in [6.07, 6.45) is 0. The molecule has 0 spiro atoms. The predicted octanol–water partition coefficient (Wildman–Crippen LogP) is 4.28. The molecule has 4 aromatic rings. The summed E-state index contributed by atoms with van der Waals surface area (Å²) in [6.45, 7) is 4.24. The van der Waals surface area contributed by atoms with Gasteiger partial charge in [0.25, 0.3) is 0 Å². The van der Waals surface area contributed by atoms with Crippen LogP contribution in [0.3, 0.4) is 0 Å². The number of sulfonamides is 1. The molecule has 3 aromatic carbocycles. The van der Waals surface area contributed by atoms with Crippen LogP contribution >= 0.6 is 11.8 Å². The fraction of sp³-hybridized carbons (Fsp3) is 0.250. The maximum absolute atomic E-state index is 13.6. The van der Waals surface area contributed by atoms with Crippen LogP contribution in [0.25, 0.3) is 11.4 Å². The van der Waals surface area contributed by atoms with Crippen LogP contribution in [0.5, 0.6) is 5.75 Å². The first kappa shape index (κ1) is 28.3. The molecule has 0 aliphatic carbocycles. The van der Waals surface area contributed by atoms with Crippen molar-refractivity contribution in [2.24, 2.45) is 0 Å². The molecule has 0 saturated carbocycles. The maximum Gasteiger partial charge on any atom is 0.243 e. The molecule has 0 aliphatic heterocycles. The van der Waals surface area contributed by atoms with Crippen molar-refractivity contribution in [2.75, 3.05) is 25.4 Å². The first-order valence-corrected chi connectivity index (χ1v) is 14.9. The quantitative estimate of drug-likeness (QED) is 0.184. The number of aromatic amines is 1. The van der Waals surface area contributed by atoms with Gasteiger partial charge in [0.1, 0.15) is 5.75 Å². The number of rotatable bonds is 13. The third-order valence-electron chi connectivity index (χ3n) is 5.77. The Morgan fingerprint density at radius 2 is 1.77 bits per heavy atom. The molecule has 1 heterocycles. The van der Waals surface area contributed by atoms with E-state index in [4.69, 9.17) is 4.74 Å². The van der Waals surface area contributed by atoms with Gasteiger partial charge in [0.05, 0.1) is 18.0 Å². The van der Waals surface area contributed by atoms with Crippen LogP contribution in [-0.4, -0.2) is 59.3 Å². The van der Waals surface area contributed by atoms with E-state index in [9.17, 15) is 13.2 Å². The molecule has 1 aromatic heterocycles. The minimum atomic E-state index is -3.96. The number of benzene rings is 3. The lowest BCUT2D eigenvalue weighted by Gasteiger charge is -2.22. The number of hydrogen-bond donors (Lipinski definition) is 2. The zero-order valence-electron chi connectivity index (χ0n) is 21.8. The van der Waals surface area contributed by atoms with Crippen molar-refractivity contribution in [3.05, 3.63) is 90.0 Å². The van der Waals surface area contributed by atoms with Gasteiger partial charge in [-0.1, -0.05) is 72.4 Å². The van der Waals surface area contributed by atoms with Crippen molar-refractivity contribution in [3.8, 4) is 17.1 Å². The Morgan fingerprint density at radius 1 is 1.05 bits per heavy atom. The van der Waals surface area contributed by atoms with Crippen LogP contribution in [0.4, 0.5) is 0 Å². The summed E-state index contributed by atoms with van der Waals surface area (Å²) in [5.41, 5.74) is 2.43. The van der Waals surface area contributed by atoms with Crippen LogP contribution in [0.1, 0.15) is 18.1 Å². The molecule has 0 bridgehead atoms. The van der Waals surface area contributed by atoms with Crippen molar-refractivity contribution >= 4 is 27.7 Å². The summed E-state index contributed by atoms with van der Waals surface area (Å²) >= 11 is 1.40. The molecule has 0 atom stereocenters. The third kappa shape index (κ3) is 7.69. The number of nitrogens with zero attached hydrogens (tertiary/aromatic N) is 3. The Labute approximate surface area is 233 Å². The van der Waals surface area contributed by atoms with Gasteiger partial charge < -0.3 is 10.1 Å². The number of hydrogen-bond acceptors (Lipinski definition) is 7. The molecule has 0 fully saturated rings. The average Bonchev–Trinajstić information content (AvgIpc) is 3.42. The summed E-state index contributed by atoms with van der Waals surface area (Å²) in [7, 11) is -3.96. The second kappa shape index (κ2) is 13.4. The van der Waals surface area contributed by atoms with Crippen molar-refractivity contribution in [1.82, 2.24) is 24.8 Å². The van der Waals surface area contributed by atoms with Crippen LogP contribution in [0.15, 0.2) is 88.9 Å². The van der Waals surface area contributed by atoms with Crippen LogP contribution in [0.2, 0.25) is 0 Å². The maximum atomic E-state index is 13.6. The Kier molecular flexibility index (Phi) is 9.74. The molecule has 0 saturated heterocycles. The van der Waals surface area contributed by atoms with E-state index in [1.165, 1.54) is 22.1 Å². The van der Waals surface area contributed by atoms with E-state index in [1.807, 2.05) is 67.6 Å². The summed E-state index contributed by atoms with van der Waals surface area (Å²) in [5, 5.41) is 10.5. The third-order valence-corrected chi connectivity index (χ3v) is 8.41. The van der Waals surface area contributed by atoms with E-state index in [2.05, 4.69) is 20.5 Å². The number of H-pyrrole nitrogens is 1. The van der Waals surface area contributed by atoms with Gasteiger partial charge in [0.15, 0.2) is 5.82 Å². The molecule has 39 heavy (non-hydrogen) atoms. The smallest absolute Gasteiger partial charge is 0.243 e. The minimum absolute atomic E-state index is 0.0665. The highest BCUT2D eigenvalue weighted by Gasteiger charge is 2.27. The van der Waals surface area contributed by atoms with Crippen molar-refractivity contribution in [2.45, 2.75) is 30.4 Å². The van der Waals surface area contributed by atoms with Gasteiger partial charge in [-0.15, -0.1) is 5.10 Å². The topological polar surface area (TPSA) is 117 Å². The van der Waals surface area contributed by atoms with Gasteiger partial charge in [-0.25, -0.2) is 13.4 Å². The molecule has 2 N–H and O–H groups in total. The highest BCUT2D eigenvalue weighted by Crippen LogP contribution is 2.25. The summed E-state index contributed by atoms with van der Waals surface area (Å²) < 4.78 is 34.0. The van der Waals surface area contributed by atoms with Crippen LogP contribution in [-0.2, 0) is 21.4 Å². The van der Waals surface area contributed by atoms with Crippen LogP contribution < -0.4 is 10.1 Å². The largest absolute Gasteiger partial charge is 0.494 e. The molecule has 9 nitrogen and oxygen atoms in total. The lowest BCUT2D eigenvalue weighted by atomic mass is 10.2. The highest BCUT2D eigenvalue weighted by atomic mass is 32.2. The molecule has 11 heteroatoms.